The third-order valence-electron chi connectivity index (χ3n) is 6.55. The van der Waals surface area contributed by atoms with Crippen LogP contribution < -0.4 is 10.9 Å². The smallest absolute Gasteiger partial charge is 0.267 e. The highest BCUT2D eigenvalue weighted by Gasteiger charge is 2.25. The number of benzene rings is 2. The topological polar surface area (TPSA) is 64.0 Å². The molecule has 5 rings (SSSR count). The first-order valence-corrected chi connectivity index (χ1v) is 13.7. The number of carbonyl (C=O) groups is 1. The maximum atomic E-state index is 13.9. The monoisotopic (exact) mass is 503 g/mol. The van der Waals surface area contributed by atoms with Gasteiger partial charge in [0.05, 0.1) is 16.3 Å². The van der Waals surface area contributed by atoms with Gasteiger partial charge >= 0.3 is 0 Å². The second kappa shape index (κ2) is 9.63. The van der Waals surface area contributed by atoms with Gasteiger partial charge in [0, 0.05) is 10.6 Å². The fourth-order valence-electron chi connectivity index (χ4n) is 4.88. The van der Waals surface area contributed by atoms with Crippen molar-refractivity contribution < 1.29 is 4.79 Å². The van der Waals surface area contributed by atoms with Crippen LogP contribution in [-0.2, 0) is 17.6 Å². The minimum atomic E-state index is -0.441. The molecule has 4 aromatic rings. The van der Waals surface area contributed by atoms with Gasteiger partial charge in [0.1, 0.15) is 4.83 Å². The van der Waals surface area contributed by atoms with Gasteiger partial charge in [-0.05, 0) is 82.2 Å². The van der Waals surface area contributed by atoms with Gasteiger partial charge in [0.25, 0.3) is 5.56 Å². The van der Waals surface area contributed by atoms with Crippen LogP contribution in [0.3, 0.4) is 0 Å². The van der Waals surface area contributed by atoms with Crippen LogP contribution in [0.4, 0.5) is 5.69 Å². The van der Waals surface area contributed by atoms with Crippen LogP contribution in [0.25, 0.3) is 15.9 Å². The third-order valence-corrected chi connectivity index (χ3v) is 8.79. The summed E-state index contributed by atoms with van der Waals surface area (Å²) >= 11 is 2.97. The number of thioether (sulfide) groups is 1. The maximum Gasteiger partial charge on any atom is 0.267 e. The Morgan fingerprint density at radius 2 is 1.77 bits per heavy atom. The Balaban J connectivity index is 1.54. The van der Waals surface area contributed by atoms with Crippen molar-refractivity contribution in [3.8, 4) is 5.69 Å². The number of aryl methyl sites for hydroxylation is 5. The van der Waals surface area contributed by atoms with Gasteiger partial charge in [-0.1, -0.05) is 47.7 Å². The summed E-state index contributed by atoms with van der Waals surface area (Å²) in [5, 5.41) is 3.96. The molecule has 0 aliphatic heterocycles. The summed E-state index contributed by atoms with van der Waals surface area (Å²) in [4.78, 5) is 34.1. The lowest BCUT2D eigenvalue weighted by molar-refractivity contribution is -0.115. The molecule has 180 valence electrons. The average molecular weight is 504 g/mol. The molecule has 1 aliphatic carbocycles. The highest BCUT2D eigenvalue weighted by atomic mass is 32.2. The molecule has 5 nitrogen and oxygen atoms in total. The fourth-order valence-corrected chi connectivity index (χ4v) is 7.11. The first-order chi connectivity index (χ1) is 16.8. The molecular weight excluding hydrogens is 474 g/mol. The predicted octanol–water partition coefficient (Wildman–Crippen LogP) is 6.37. The van der Waals surface area contributed by atoms with E-state index in [0.717, 1.165) is 58.4 Å². The molecule has 0 fully saturated rings. The van der Waals surface area contributed by atoms with Gasteiger partial charge in [-0.2, -0.15) is 0 Å². The van der Waals surface area contributed by atoms with E-state index < -0.39 is 5.25 Å². The quantitative estimate of drug-likeness (QED) is 0.254. The van der Waals surface area contributed by atoms with E-state index in [2.05, 4.69) is 24.4 Å². The van der Waals surface area contributed by atoms with Crippen LogP contribution in [0.1, 0.15) is 46.9 Å². The molecule has 0 spiro atoms. The van der Waals surface area contributed by atoms with Crippen molar-refractivity contribution in [2.75, 3.05) is 5.32 Å². The standard InChI is InChI=1S/C28H29N3O2S2/c1-16-14-17(2)24(18(3)15-16)29-25(32)19(4)34-28-30-26-23(21-12-8-9-13-22(21)35-26)27(33)31(28)20-10-6-5-7-11-20/h5-7,10-11,14-15,19H,8-9,12-13H2,1-4H3,(H,29,32). The normalized spacial score (nSPS) is 14.1. The number of hydrogen-bond donors (Lipinski definition) is 1. The minimum absolute atomic E-state index is 0.0408. The Hall–Kier alpha value is -2.90. The fraction of sp³-hybridized carbons (Fsp3) is 0.321. The average Bonchev–Trinajstić information content (AvgIpc) is 3.20. The third kappa shape index (κ3) is 4.55. The number of amides is 1. The number of para-hydroxylation sites is 1. The number of nitrogens with one attached hydrogen (secondary N) is 1. The van der Waals surface area contributed by atoms with Crippen LogP contribution in [-0.4, -0.2) is 20.7 Å². The molecule has 0 radical (unpaired) electrons. The lowest BCUT2D eigenvalue weighted by Crippen LogP contribution is -2.26. The summed E-state index contributed by atoms with van der Waals surface area (Å²) in [6.07, 6.45) is 4.21. The van der Waals surface area contributed by atoms with E-state index in [1.54, 1.807) is 15.9 Å². The van der Waals surface area contributed by atoms with E-state index >= 15 is 0 Å². The summed E-state index contributed by atoms with van der Waals surface area (Å²) in [6, 6.07) is 13.7. The Kier molecular flexibility index (Phi) is 6.55. The molecule has 0 saturated carbocycles. The van der Waals surface area contributed by atoms with Crippen LogP contribution >= 0.6 is 23.1 Å². The molecule has 7 heteroatoms. The molecule has 2 aromatic heterocycles. The largest absolute Gasteiger partial charge is 0.325 e. The number of aromatic nitrogens is 2. The van der Waals surface area contributed by atoms with Crippen molar-refractivity contribution in [3.63, 3.8) is 0 Å². The van der Waals surface area contributed by atoms with E-state index in [9.17, 15) is 9.59 Å². The molecular formula is C28H29N3O2S2. The van der Waals surface area contributed by atoms with Gasteiger partial charge in [-0.3, -0.25) is 14.2 Å². The number of hydrogen-bond acceptors (Lipinski definition) is 5. The minimum Gasteiger partial charge on any atom is -0.325 e. The summed E-state index contributed by atoms with van der Waals surface area (Å²) in [6.45, 7) is 7.93. The molecule has 35 heavy (non-hydrogen) atoms. The van der Waals surface area contributed by atoms with Crippen molar-refractivity contribution in [1.29, 1.82) is 0 Å². The van der Waals surface area contributed by atoms with Crippen LogP contribution in [0.5, 0.6) is 0 Å². The van der Waals surface area contributed by atoms with Crippen molar-refractivity contribution in [2.45, 2.75) is 63.8 Å². The van der Waals surface area contributed by atoms with E-state index in [1.165, 1.54) is 27.8 Å². The Labute approximate surface area is 213 Å². The molecule has 0 saturated heterocycles. The molecule has 1 amide bonds. The van der Waals surface area contributed by atoms with Gasteiger partial charge in [0.2, 0.25) is 5.91 Å². The molecule has 2 heterocycles. The zero-order valence-corrected chi connectivity index (χ0v) is 22.1. The zero-order valence-electron chi connectivity index (χ0n) is 20.5. The van der Waals surface area contributed by atoms with E-state index in [-0.39, 0.29) is 11.5 Å². The molecule has 2 aromatic carbocycles. The van der Waals surface area contributed by atoms with E-state index in [1.807, 2.05) is 51.1 Å². The lowest BCUT2D eigenvalue weighted by Gasteiger charge is -2.18. The number of fused-ring (bicyclic) bond motifs is 3. The van der Waals surface area contributed by atoms with Gasteiger partial charge in [-0.25, -0.2) is 4.98 Å². The van der Waals surface area contributed by atoms with Crippen molar-refractivity contribution in [2.24, 2.45) is 0 Å². The van der Waals surface area contributed by atoms with Crippen LogP contribution in [0.2, 0.25) is 0 Å². The summed E-state index contributed by atoms with van der Waals surface area (Å²) in [5.41, 5.74) is 6.00. The Morgan fingerprint density at radius 3 is 2.49 bits per heavy atom. The number of carbonyl (C=O) groups excluding carboxylic acids is 1. The molecule has 1 aliphatic rings. The van der Waals surface area contributed by atoms with Gasteiger partial charge < -0.3 is 5.32 Å². The van der Waals surface area contributed by atoms with E-state index in [0.29, 0.717) is 5.16 Å². The first-order valence-electron chi connectivity index (χ1n) is 12.0. The summed E-state index contributed by atoms with van der Waals surface area (Å²) in [5.74, 6) is -0.107. The number of nitrogens with zero attached hydrogens (tertiary/aromatic N) is 2. The molecule has 1 atom stereocenters. The first kappa shape index (κ1) is 23.8. The highest BCUT2D eigenvalue weighted by Crippen LogP contribution is 2.36. The van der Waals surface area contributed by atoms with Crippen molar-refractivity contribution in [3.05, 3.63) is 79.9 Å². The molecule has 1 unspecified atom stereocenters. The van der Waals surface area contributed by atoms with Gasteiger partial charge in [0.15, 0.2) is 5.16 Å². The SMILES string of the molecule is Cc1cc(C)c(NC(=O)C(C)Sc2nc3sc4c(c3c(=O)n2-c2ccccc2)CCCC4)c(C)c1. The van der Waals surface area contributed by atoms with E-state index in [4.69, 9.17) is 4.98 Å². The predicted molar refractivity (Wildman–Crippen MR) is 146 cm³/mol. The maximum absolute atomic E-state index is 13.9. The molecule has 1 N–H and O–H groups in total. The number of thiophene rings is 1. The highest BCUT2D eigenvalue weighted by molar-refractivity contribution is 8.00. The van der Waals surface area contributed by atoms with Crippen molar-refractivity contribution >= 4 is 44.9 Å². The number of rotatable bonds is 5. The molecule has 0 bridgehead atoms. The van der Waals surface area contributed by atoms with Crippen molar-refractivity contribution in [1.82, 2.24) is 9.55 Å². The summed E-state index contributed by atoms with van der Waals surface area (Å²) in [7, 11) is 0. The summed E-state index contributed by atoms with van der Waals surface area (Å²) < 4.78 is 1.68. The zero-order chi connectivity index (χ0) is 24.7. The van der Waals surface area contributed by atoms with Crippen LogP contribution in [0, 0.1) is 20.8 Å². The second-order valence-electron chi connectivity index (χ2n) is 9.28. The van der Waals surface area contributed by atoms with Gasteiger partial charge in [-0.15, -0.1) is 11.3 Å². The Morgan fingerprint density at radius 1 is 1.09 bits per heavy atom. The second-order valence-corrected chi connectivity index (χ2v) is 11.7. The Bertz CT molecular complexity index is 1460. The lowest BCUT2D eigenvalue weighted by atomic mass is 9.97. The number of anilines is 1. The van der Waals surface area contributed by atoms with Crippen LogP contribution in [0.15, 0.2) is 52.4 Å².